The number of aryl methyl sites for hydroxylation is 1. The molecule has 1 saturated heterocycles. The van der Waals surface area contributed by atoms with Crippen molar-refractivity contribution in [3.63, 3.8) is 0 Å². The molecule has 1 heterocycles. The zero-order valence-electron chi connectivity index (χ0n) is 14.6. The molecule has 1 aliphatic rings. The van der Waals surface area contributed by atoms with E-state index in [2.05, 4.69) is 5.32 Å². The van der Waals surface area contributed by atoms with Gasteiger partial charge in [0.05, 0.1) is 4.90 Å². The Bertz CT molecular complexity index is 813. The Morgan fingerprint density at radius 3 is 2.36 bits per heavy atom. The second kappa shape index (κ2) is 7.56. The Labute approximate surface area is 149 Å². The van der Waals surface area contributed by atoms with Crippen LogP contribution in [-0.2, 0) is 10.0 Å². The maximum atomic E-state index is 12.8. The van der Waals surface area contributed by atoms with Gasteiger partial charge in [0, 0.05) is 13.1 Å². The average molecular weight is 360 g/mol. The molecule has 25 heavy (non-hydrogen) atoms. The molecule has 0 spiro atoms. The molecule has 2 aromatic carbocycles. The predicted octanol–water partition coefficient (Wildman–Crippen LogP) is 3.16. The molecule has 1 fully saturated rings. The normalized spacial score (nSPS) is 16.1. The Kier molecular flexibility index (Phi) is 5.42. The fraction of sp³-hybridized carbons (Fsp3) is 0.368. The van der Waals surface area contributed by atoms with Crippen LogP contribution in [-0.4, -0.2) is 38.9 Å². The summed E-state index contributed by atoms with van der Waals surface area (Å²) in [6.07, 6.45) is 1.68. The van der Waals surface area contributed by atoms with Crippen LogP contribution in [0.4, 0.5) is 0 Å². The summed E-state index contributed by atoms with van der Waals surface area (Å²) < 4.78 is 32.9. The molecule has 0 amide bonds. The Hall–Kier alpha value is -1.89. The number of nitrogens with one attached hydrogen (secondary N) is 1. The summed E-state index contributed by atoms with van der Waals surface area (Å²) in [5, 5.41) is 3.26. The summed E-state index contributed by atoms with van der Waals surface area (Å²) in [6.45, 7) is 3.71. The quantitative estimate of drug-likeness (QED) is 0.890. The first kappa shape index (κ1) is 17.9. The van der Waals surface area contributed by atoms with Crippen molar-refractivity contribution in [1.82, 2.24) is 9.62 Å². The van der Waals surface area contributed by atoms with Crippen molar-refractivity contribution in [2.75, 3.05) is 20.1 Å². The zero-order valence-corrected chi connectivity index (χ0v) is 15.4. The molecular formula is C19H24N2O3S. The largest absolute Gasteiger partial charge is 0.457 e. The summed E-state index contributed by atoms with van der Waals surface area (Å²) >= 11 is 0. The molecule has 0 radical (unpaired) electrons. The maximum absolute atomic E-state index is 12.8. The molecule has 0 saturated carbocycles. The predicted molar refractivity (Wildman–Crippen MR) is 98.5 cm³/mol. The van der Waals surface area contributed by atoms with Gasteiger partial charge in [-0.2, -0.15) is 4.31 Å². The summed E-state index contributed by atoms with van der Waals surface area (Å²) in [5.41, 5.74) is 1.11. The molecule has 3 rings (SSSR count). The minimum Gasteiger partial charge on any atom is -0.457 e. The minimum absolute atomic E-state index is 0.0504. The van der Waals surface area contributed by atoms with E-state index >= 15 is 0 Å². The molecule has 134 valence electrons. The lowest BCUT2D eigenvalue weighted by atomic mass is 10.1. The van der Waals surface area contributed by atoms with Crippen molar-refractivity contribution in [2.45, 2.75) is 30.7 Å². The average Bonchev–Trinajstić information content (AvgIpc) is 2.62. The molecule has 0 unspecified atom stereocenters. The van der Waals surface area contributed by atoms with E-state index in [9.17, 15) is 8.42 Å². The van der Waals surface area contributed by atoms with Crippen LogP contribution in [0.2, 0.25) is 0 Å². The van der Waals surface area contributed by atoms with Crippen LogP contribution < -0.4 is 10.1 Å². The number of sulfonamides is 1. The Morgan fingerprint density at radius 2 is 1.72 bits per heavy atom. The SMILES string of the molecule is Cc1cccc(Oc2ccc(S(=O)(=O)N(C)C3CCNCC3)cc2)c1. The second-order valence-electron chi connectivity index (χ2n) is 6.39. The molecule has 1 N–H and O–H groups in total. The highest BCUT2D eigenvalue weighted by molar-refractivity contribution is 7.89. The molecule has 1 aliphatic heterocycles. The molecule has 6 heteroatoms. The van der Waals surface area contributed by atoms with Gasteiger partial charge in [0.2, 0.25) is 10.0 Å². The van der Waals surface area contributed by atoms with Crippen LogP contribution in [0.3, 0.4) is 0 Å². The summed E-state index contributed by atoms with van der Waals surface area (Å²) in [7, 11) is -1.82. The van der Waals surface area contributed by atoms with Crippen LogP contribution in [0.25, 0.3) is 0 Å². The fourth-order valence-electron chi connectivity index (χ4n) is 3.03. The van der Waals surface area contributed by atoms with Crippen molar-refractivity contribution in [2.24, 2.45) is 0 Å². The number of piperidine rings is 1. The van der Waals surface area contributed by atoms with Gasteiger partial charge in [-0.3, -0.25) is 0 Å². The van der Waals surface area contributed by atoms with Crippen molar-refractivity contribution >= 4 is 10.0 Å². The van der Waals surface area contributed by atoms with Crippen LogP contribution in [0.1, 0.15) is 18.4 Å². The molecule has 0 bridgehead atoms. The van der Waals surface area contributed by atoms with Crippen LogP contribution >= 0.6 is 0 Å². The molecule has 2 aromatic rings. The van der Waals surface area contributed by atoms with E-state index in [-0.39, 0.29) is 6.04 Å². The van der Waals surface area contributed by atoms with Gasteiger partial charge in [-0.15, -0.1) is 0 Å². The number of ether oxygens (including phenoxy) is 1. The summed E-state index contributed by atoms with van der Waals surface area (Å²) in [5.74, 6) is 1.36. The van der Waals surface area contributed by atoms with Crippen LogP contribution in [0.15, 0.2) is 53.4 Å². The molecular weight excluding hydrogens is 336 g/mol. The third-order valence-electron chi connectivity index (χ3n) is 4.55. The number of hydrogen-bond donors (Lipinski definition) is 1. The Balaban J connectivity index is 1.74. The van der Waals surface area contributed by atoms with E-state index in [4.69, 9.17) is 4.74 Å². The summed E-state index contributed by atoms with van der Waals surface area (Å²) in [4.78, 5) is 0.296. The zero-order chi connectivity index (χ0) is 17.9. The van der Waals surface area contributed by atoms with Gasteiger partial charge < -0.3 is 10.1 Å². The highest BCUT2D eigenvalue weighted by Crippen LogP contribution is 2.26. The number of nitrogens with zero attached hydrogens (tertiary/aromatic N) is 1. The van der Waals surface area contributed by atoms with E-state index in [0.717, 1.165) is 37.2 Å². The highest BCUT2D eigenvalue weighted by atomic mass is 32.2. The van der Waals surface area contributed by atoms with Crippen molar-refractivity contribution in [3.8, 4) is 11.5 Å². The van der Waals surface area contributed by atoms with Crippen LogP contribution in [0.5, 0.6) is 11.5 Å². The van der Waals surface area contributed by atoms with E-state index in [1.807, 2.05) is 31.2 Å². The molecule has 0 aromatic heterocycles. The van der Waals surface area contributed by atoms with E-state index in [1.165, 1.54) is 4.31 Å². The van der Waals surface area contributed by atoms with E-state index < -0.39 is 10.0 Å². The van der Waals surface area contributed by atoms with E-state index in [1.54, 1.807) is 31.3 Å². The van der Waals surface area contributed by atoms with Gasteiger partial charge >= 0.3 is 0 Å². The van der Waals surface area contributed by atoms with Gasteiger partial charge in [0.15, 0.2) is 0 Å². The van der Waals surface area contributed by atoms with Crippen LogP contribution in [0, 0.1) is 6.92 Å². The first-order chi connectivity index (χ1) is 12.0. The molecule has 0 aliphatic carbocycles. The van der Waals surface area contributed by atoms with Gasteiger partial charge in [-0.05, 0) is 74.8 Å². The van der Waals surface area contributed by atoms with Crippen molar-refractivity contribution < 1.29 is 13.2 Å². The third kappa shape index (κ3) is 4.21. The number of rotatable bonds is 5. The van der Waals surface area contributed by atoms with E-state index in [0.29, 0.717) is 10.6 Å². The fourth-order valence-corrected chi connectivity index (χ4v) is 4.44. The topological polar surface area (TPSA) is 58.6 Å². The standard InChI is InChI=1S/C19H24N2O3S/c1-15-4-3-5-18(14-15)24-17-6-8-19(9-7-17)25(22,23)21(2)16-10-12-20-13-11-16/h3-9,14,16,20H,10-13H2,1-2H3. The van der Waals surface area contributed by atoms with Gasteiger partial charge in [-0.1, -0.05) is 12.1 Å². The molecule has 0 atom stereocenters. The van der Waals surface area contributed by atoms with Crippen molar-refractivity contribution in [1.29, 1.82) is 0 Å². The number of benzene rings is 2. The molecule has 5 nitrogen and oxygen atoms in total. The first-order valence-corrected chi connectivity index (χ1v) is 9.94. The smallest absolute Gasteiger partial charge is 0.243 e. The lowest BCUT2D eigenvalue weighted by Gasteiger charge is -2.30. The summed E-state index contributed by atoms with van der Waals surface area (Å²) in [6, 6.07) is 14.4. The maximum Gasteiger partial charge on any atom is 0.243 e. The van der Waals surface area contributed by atoms with Gasteiger partial charge in [0.1, 0.15) is 11.5 Å². The van der Waals surface area contributed by atoms with Crippen molar-refractivity contribution in [3.05, 3.63) is 54.1 Å². The first-order valence-electron chi connectivity index (χ1n) is 8.50. The lowest BCUT2D eigenvalue weighted by Crippen LogP contribution is -2.43. The van der Waals surface area contributed by atoms with Gasteiger partial charge in [0.25, 0.3) is 0 Å². The Morgan fingerprint density at radius 1 is 1.04 bits per heavy atom. The highest BCUT2D eigenvalue weighted by Gasteiger charge is 2.28. The minimum atomic E-state index is -3.48. The number of hydrogen-bond acceptors (Lipinski definition) is 4. The third-order valence-corrected chi connectivity index (χ3v) is 6.47. The second-order valence-corrected chi connectivity index (χ2v) is 8.39. The lowest BCUT2D eigenvalue weighted by molar-refractivity contribution is 0.296. The monoisotopic (exact) mass is 360 g/mol. The van der Waals surface area contributed by atoms with Gasteiger partial charge in [-0.25, -0.2) is 8.42 Å².